The first-order valence-electron chi connectivity index (χ1n) is 6.59. The molecule has 0 fully saturated rings. The van der Waals surface area contributed by atoms with E-state index in [0.29, 0.717) is 6.42 Å². The fourth-order valence-electron chi connectivity index (χ4n) is 2.05. The van der Waals surface area contributed by atoms with Gasteiger partial charge in [0.2, 0.25) is 0 Å². The Labute approximate surface area is 126 Å². The van der Waals surface area contributed by atoms with Gasteiger partial charge in [0.05, 0.1) is 5.92 Å². The van der Waals surface area contributed by atoms with Crippen LogP contribution in [0.1, 0.15) is 19.8 Å². The predicted molar refractivity (Wildman–Crippen MR) is 84.0 cm³/mol. The second-order valence-electron chi connectivity index (χ2n) is 4.80. The van der Waals surface area contributed by atoms with Gasteiger partial charge in [0.25, 0.3) is 0 Å². The Morgan fingerprint density at radius 1 is 1.40 bits per heavy atom. The maximum Gasteiger partial charge on any atom is 0.306 e. The van der Waals surface area contributed by atoms with E-state index in [9.17, 15) is 4.79 Å². The van der Waals surface area contributed by atoms with E-state index in [0.717, 1.165) is 34.0 Å². The molecular weight excluding hydrogens is 320 g/mol. The molecule has 2 N–H and O–H groups in total. The van der Waals surface area contributed by atoms with Gasteiger partial charge in [0.1, 0.15) is 5.82 Å². The number of pyridine rings is 1. The molecule has 0 saturated heterocycles. The van der Waals surface area contributed by atoms with Crippen LogP contribution in [0.3, 0.4) is 0 Å². The average molecular weight is 337 g/mol. The number of hydrogen-bond acceptors (Lipinski definition) is 3. The number of rotatable bonds is 6. The van der Waals surface area contributed by atoms with Crippen molar-refractivity contribution >= 4 is 38.5 Å². The lowest BCUT2D eigenvalue weighted by Crippen LogP contribution is -2.12. The second-order valence-corrected chi connectivity index (χ2v) is 5.66. The highest BCUT2D eigenvalue weighted by Crippen LogP contribution is 2.27. The third-order valence-electron chi connectivity index (χ3n) is 3.28. The van der Waals surface area contributed by atoms with E-state index in [4.69, 9.17) is 5.11 Å². The Kier molecular flexibility index (Phi) is 4.95. The molecule has 4 nitrogen and oxygen atoms in total. The third kappa shape index (κ3) is 3.48. The predicted octanol–water partition coefficient (Wildman–Crippen LogP) is 3.91. The molecule has 0 aliphatic heterocycles. The van der Waals surface area contributed by atoms with Crippen LogP contribution in [0.25, 0.3) is 10.8 Å². The molecule has 0 saturated carbocycles. The molecule has 0 bridgehead atoms. The third-order valence-corrected chi connectivity index (χ3v) is 3.97. The lowest BCUT2D eigenvalue weighted by atomic mass is 10.1. The standard InChI is InChI=1S/C15H17BrN2O2/c1-10(15(19)20)4-3-8-17-14-12-5-2-6-13(16)11(12)7-9-18-14/h2,5-7,9-10H,3-4,8H2,1H3,(H,17,18)(H,19,20). The second kappa shape index (κ2) is 6.70. The minimum absolute atomic E-state index is 0.300. The lowest BCUT2D eigenvalue weighted by Gasteiger charge is -2.10. The molecule has 1 aromatic carbocycles. The normalized spacial score (nSPS) is 12.3. The monoisotopic (exact) mass is 336 g/mol. The Morgan fingerprint density at radius 3 is 2.95 bits per heavy atom. The van der Waals surface area contributed by atoms with Gasteiger partial charge in [-0.1, -0.05) is 35.0 Å². The van der Waals surface area contributed by atoms with Crippen LogP contribution < -0.4 is 5.32 Å². The molecule has 106 valence electrons. The largest absolute Gasteiger partial charge is 0.481 e. The van der Waals surface area contributed by atoms with Crippen LogP contribution in [0.4, 0.5) is 5.82 Å². The van der Waals surface area contributed by atoms with Gasteiger partial charge in [0, 0.05) is 28.0 Å². The molecular formula is C15H17BrN2O2. The van der Waals surface area contributed by atoms with Gasteiger partial charge in [0.15, 0.2) is 0 Å². The molecule has 0 aliphatic carbocycles. The van der Waals surface area contributed by atoms with Crippen LogP contribution in [-0.4, -0.2) is 22.6 Å². The Bertz CT molecular complexity index is 616. The van der Waals surface area contributed by atoms with E-state index in [-0.39, 0.29) is 5.92 Å². The zero-order valence-electron chi connectivity index (χ0n) is 11.3. The number of carbonyl (C=O) groups is 1. The van der Waals surface area contributed by atoms with E-state index in [1.165, 1.54) is 0 Å². The molecule has 2 aromatic rings. The Morgan fingerprint density at radius 2 is 2.20 bits per heavy atom. The highest BCUT2D eigenvalue weighted by Gasteiger charge is 2.10. The molecule has 5 heteroatoms. The first-order chi connectivity index (χ1) is 9.59. The number of anilines is 1. The number of hydrogen-bond donors (Lipinski definition) is 2. The minimum Gasteiger partial charge on any atom is -0.481 e. The van der Waals surface area contributed by atoms with E-state index in [1.54, 1.807) is 13.1 Å². The summed E-state index contributed by atoms with van der Waals surface area (Å²) in [5.74, 6) is -0.199. The van der Waals surface area contributed by atoms with Crippen LogP contribution in [0.2, 0.25) is 0 Å². The summed E-state index contributed by atoms with van der Waals surface area (Å²) in [7, 11) is 0. The summed E-state index contributed by atoms with van der Waals surface area (Å²) in [5.41, 5.74) is 0. The number of benzene rings is 1. The number of aromatic nitrogens is 1. The van der Waals surface area contributed by atoms with Crippen LogP contribution >= 0.6 is 15.9 Å². The fourth-order valence-corrected chi connectivity index (χ4v) is 2.55. The van der Waals surface area contributed by atoms with Crippen LogP contribution in [0.15, 0.2) is 34.9 Å². The molecule has 0 amide bonds. The number of carboxylic acids is 1. The van der Waals surface area contributed by atoms with Gasteiger partial charge >= 0.3 is 5.97 Å². The van der Waals surface area contributed by atoms with Gasteiger partial charge in [-0.05, 0) is 25.0 Å². The van der Waals surface area contributed by atoms with Crippen molar-refractivity contribution in [1.82, 2.24) is 4.98 Å². The van der Waals surface area contributed by atoms with Crippen LogP contribution in [-0.2, 0) is 4.79 Å². The van der Waals surface area contributed by atoms with Crippen molar-refractivity contribution in [2.24, 2.45) is 5.92 Å². The maximum absolute atomic E-state index is 10.7. The quantitative estimate of drug-likeness (QED) is 0.785. The lowest BCUT2D eigenvalue weighted by molar-refractivity contribution is -0.141. The van der Waals surface area contributed by atoms with E-state index in [2.05, 4.69) is 26.2 Å². The van der Waals surface area contributed by atoms with Gasteiger partial charge < -0.3 is 10.4 Å². The van der Waals surface area contributed by atoms with Gasteiger partial charge in [-0.3, -0.25) is 4.79 Å². The molecule has 1 aromatic heterocycles. The molecule has 1 heterocycles. The number of carboxylic acid groups (broad SMARTS) is 1. The van der Waals surface area contributed by atoms with Crippen molar-refractivity contribution in [2.45, 2.75) is 19.8 Å². The molecule has 2 rings (SSSR count). The van der Waals surface area contributed by atoms with Crippen molar-refractivity contribution in [3.63, 3.8) is 0 Å². The van der Waals surface area contributed by atoms with Crippen LogP contribution in [0.5, 0.6) is 0 Å². The molecule has 0 spiro atoms. The molecule has 20 heavy (non-hydrogen) atoms. The molecule has 0 aliphatic rings. The molecule has 1 atom stereocenters. The summed E-state index contributed by atoms with van der Waals surface area (Å²) in [6.45, 7) is 2.45. The highest BCUT2D eigenvalue weighted by molar-refractivity contribution is 9.10. The average Bonchev–Trinajstić information content (AvgIpc) is 2.44. The van der Waals surface area contributed by atoms with E-state index in [1.807, 2.05) is 24.3 Å². The number of halogens is 1. The summed E-state index contributed by atoms with van der Waals surface area (Å²) in [4.78, 5) is 15.1. The van der Waals surface area contributed by atoms with Crippen molar-refractivity contribution in [1.29, 1.82) is 0 Å². The zero-order chi connectivity index (χ0) is 14.5. The number of fused-ring (bicyclic) bond motifs is 1. The fraction of sp³-hybridized carbons (Fsp3) is 0.333. The number of aliphatic carboxylic acids is 1. The van der Waals surface area contributed by atoms with Crippen molar-refractivity contribution in [2.75, 3.05) is 11.9 Å². The maximum atomic E-state index is 10.7. The Hall–Kier alpha value is -1.62. The van der Waals surface area contributed by atoms with Gasteiger partial charge in [-0.2, -0.15) is 0 Å². The van der Waals surface area contributed by atoms with Gasteiger partial charge in [-0.25, -0.2) is 4.98 Å². The SMILES string of the molecule is CC(CCCNc1nccc2c(Br)cccc12)C(=O)O. The highest BCUT2D eigenvalue weighted by atomic mass is 79.9. The van der Waals surface area contributed by atoms with E-state index >= 15 is 0 Å². The zero-order valence-corrected chi connectivity index (χ0v) is 12.9. The van der Waals surface area contributed by atoms with Crippen molar-refractivity contribution in [3.8, 4) is 0 Å². The summed E-state index contributed by atoms with van der Waals surface area (Å²) >= 11 is 3.53. The summed E-state index contributed by atoms with van der Waals surface area (Å²) in [6.07, 6.45) is 3.24. The molecule has 0 radical (unpaired) electrons. The number of nitrogens with zero attached hydrogens (tertiary/aromatic N) is 1. The molecule has 1 unspecified atom stereocenters. The smallest absolute Gasteiger partial charge is 0.306 e. The van der Waals surface area contributed by atoms with E-state index < -0.39 is 5.97 Å². The van der Waals surface area contributed by atoms with Crippen molar-refractivity contribution < 1.29 is 9.90 Å². The number of nitrogens with one attached hydrogen (secondary N) is 1. The van der Waals surface area contributed by atoms with Crippen LogP contribution in [0, 0.1) is 5.92 Å². The first kappa shape index (κ1) is 14.8. The summed E-state index contributed by atoms with van der Waals surface area (Å²) < 4.78 is 1.04. The topological polar surface area (TPSA) is 62.2 Å². The Balaban J connectivity index is 2.00. The summed E-state index contributed by atoms with van der Waals surface area (Å²) in [5, 5.41) is 14.3. The van der Waals surface area contributed by atoms with Gasteiger partial charge in [-0.15, -0.1) is 0 Å². The summed E-state index contributed by atoms with van der Waals surface area (Å²) in [6, 6.07) is 7.97. The van der Waals surface area contributed by atoms with Crippen molar-refractivity contribution in [3.05, 3.63) is 34.9 Å². The minimum atomic E-state index is -0.739. The first-order valence-corrected chi connectivity index (χ1v) is 7.39.